The summed E-state index contributed by atoms with van der Waals surface area (Å²) in [6, 6.07) is 7.30. The van der Waals surface area contributed by atoms with E-state index >= 15 is 0 Å². The summed E-state index contributed by atoms with van der Waals surface area (Å²) in [7, 11) is 3.68. The quantitative estimate of drug-likeness (QED) is 0.374. The van der Waals surface area contributed by atoms with Crippen LogP contribution in [0, 0.1) is 0 Å². The number of ether oxygens (including phenoxy) is 2. The van der Waals surface area contributed by atoms with Crippen LogP contribution in [0.25, 0.3) is 16.9 Å². The molecular weight excluding hydrogens is 460 g/mol. The molecule has 0 aromatic carbocycles. The molecule has 0 spiro atoms. The molecule has 4 aromatic heterocycles. The van der Waals surface area contributed by atoms with Crippen molar-refractivity contribution < 1.29 is 9.47 Å². The fourth-order valence-electron chi connectivity index (χ4n) is 4.20. The Morgan fingerprint density at radius 3 is 2.81 bits per heavy atom. The predicted molar refractivity (Wildman–Crippen MR) is 136 cm³/mol. The number of likely N-dealkylation sites (tertiary alicyclic amines) is 1. The summed E-state index contributed by atoms with van der Waals surface area (Å²) in [4.78, 5) is 33.3. The third-order valence-corrected chi connectivity index (χ3v) is 6.06. The van der Waals surface area contributed by atoms with Gasteiger partial charge in [-0.25, -0.2) is 14.3 Å². The van der Waals surface area contributed by atoms with E-state index in [1.54, 1.807) is 36.3 Å². The van der Waals surface area contributed by atoms with Gasteiger partial charge in [0.1, 0.15) is 17.2 Å². The Hall–Kier alpha value is -4.25. The second-order valence-corrected chi connectivity index (χ2v) is 8.61. The van der Waals surface area contributed by atoms with Crippen molar-refractivity contribution in [1.82, 2.24) is 34.2 Å². The highest BCUT2D eigenvalue weighted by atomic mass is 16.5. The highest BCUT2D eigenvalue weighted by molar-refractivity contribution is 5.77. The van der Waals surface area contributed by atoms with Crippen LogP contribution in [0.3, 0.4) is 0 Å². The van der Waals surface area contributed by atoms with Crippen LogP contribution in [-0.2, 0) is 6.54 Å². The first-order valence-electron chi connectivity index (χ1n) is 11.7. The molecule has 1 aliphatic heterocycles. The third kappa shape index (κ3) is 4.78. The standard InChI is InChI=1S/C25H28N8O3/c1-4-10-32-24(34)20-16-27-25(28-17-13-19(35-3)15-26-14-17)30-23(20)33(32)21-6-5-7-22(29-21)36-18-8-11-31(2)12-9-18/h4-7,13-16,18H,1,8-12H2,2-3H3,(H,27,28,30). The van der Waals surface area contributed by atoms with Crippen LogP contribution < -0.4 is 20.3 Å². The van der Waals surface area contributed by atoms with E-state index in [-0.39, 0.29) is 18.2 Å². The monoisotopic (exact) mass is 488 g/mol. The summed E-state index contributed by atoms with van der Waals surface area (Å²) in [5, 5.41) is 3.49. The average molecular weight is 489 g/mol. The van der Waals surface area contributed by atoms with Gasteiger partial charge in [0.15, 0.2) is 11.5 Å². The summed E-state index contributed by atoms with van der Waals surface area (Å²) in [5.74, 6) is 1.93. The lowest BCUT2D eigenvalue weighted by Crippen LogP contribution is -2.35. The van der Waals surface area contributed by atoms with E-state index in [0.29, 0.717) is 40.1 Å². The van der Waals surface area contributed by atoms with Gasteiger partial charge in [0.2, 0.25) is 11.8 Å². The Balaban J connectivity index is 1.53. The van der Waals surface area contributed by atoms with Crippen molar-refractivity contribution in [1.29, 1.82) is 0 Å². The number of nitrogens with zero attached hydrogens (tertiary/aromatic N) is 7. The number of allylic oxidation sites excluding steroid dienone is 1. The van der Waals surface area contributed by atoms with E-state index in [2.05, 4.69) is 38.8 Å². The molecule has 36 heavy (non-hydrogen) atoms. The first kappa shape index (κ1) is 23.5. The van der Waals surface area contributed by atoms with Crippen molar-refractivity contribution in [2.24, 2.45) is 0 Å². The summed E-state index contributed by atoms with van der Waals surface area (Å²) >= 11 is 0. The first-order valence-corrected chi connectivity index (χ1v) is 11.7. The molecule has 1 aliphatic rings. The van der Waals surface area contributed by atoms with Gasteiger partial charge in [-0.2, -0.15) is 9.97 Å². The number of hydrogen-bond donors (Lipinski definition) is 1. The molecule has 1 N–H and O–H groups in total. The Kier molecular flexibility index (Phi) is 6.63. The zero-order valence-electron chi connectivity index (χ0n) is 20.3. The van der Waals surface area contributed by atoms with Crippen LogP contribution in [0.1, 0.15) is 12.8 Å². The van der Waals surface area contributed by atoms with E-state index in [1.165, 1.54) is 10.9 Å². The molecule has 0 radical (unpaired) electrons. The number of rotatable bonds is 8. The number of methoxy groups -OCH3 is 1. The van der Waals surface area contributed by atoms with Crippen molar-refractivity contribution in [2.45, 2.75) is 25.5 Å². The molecule has 11 nitrogen and oxygen atoms in total. The van der Waals surface area contributed by atoms with Crippen molar-refractivity contribution >= 4 is 22.7 Å². The van der Waals surface area contributed by atoms with E-state index in [1.807, 2.05) is 18.2 Å². The van der Waals surface area contributed by atoms with Crippen LogP contribution in [0.4, 0.5) is 11.6 Å². The summed E-state index contributed by atoms with van der Waals surface area (Å²) in [6.07, 6.45) is 8.40. The lowest BCUT2D eigenvalue weighted by atomic mass is 10.1. The van der Waals surface area contributed by atoms with Gasteiger partial charge in [0.25, 0.3) is 5.56 Å². The van der Waals surface area contributed by atoms with Gasteiger partial charge in [-0.1, -0.05) is 12.1 Å². The minimum Gasteiger partial charge on any atom is -0.495 e. The van der Waals surface area contributed by atoms with Gasteiger partial charge in [-0.15, -0.1) is 6.58 Å². The Bertz CT molecular complexity index is 1440. The molecule has 0 atom stereocenters. The second-order valence-electron chi connectivity index (χ2n) is 8.61. The van der Waals surface area contributed by atoms with Gasteiger partial charge in [-0.3, -0.25) is 9.78 Å². The van der Waals surface area contributed by atoms with Crippen LogP contribution >= 0.6 is 0 Å². The van der Waals surface area contributed by atoms with Crippen molar-refractivity contribution in [3.05, 3.63) is 65.9 Å². The van der Waals surface area contributed by atoms with Gasteiger partial charge in [0, 0.05) is 31.4 Å². The molecule has 186 valence electrons. The fraction of sp³-hybridized carbons (Fsp3) is 0.320. The first-order chi connectivity index (χ1) is 17.6. The van der Waals surface area contributed by atoms with Gasteiger partial charge >= 0.3 is 0 Å². The number of piperidine rings is 1. The summed E-state index contributed by atoms with van der Waals surface area (Å²) < 4.78 is 14.6. The number of nitrogens with one attached hydrogen (secondary N) is 1. The zero-order chi connectivity index (χ0) is 25.1. The van der Waals surface area contributed by atoms with Crippen molar-refractivity contribution in [2.75, 3.05) is 32.6 Å². The molecular formula is C25H28N8O3. The highest BCUT2D eigenvalue weighted by Gasteiger charge is 2.21. The molecule has 0 unspecified atom stereocenters. The van der Waals surface area contributed by atoms with Crippen LogP contribution in [0.2, 0.25) is 0 Å². The fourth-order valence-corrected chi connectivity index (χ4v) is 4.20. The third-order valence-electron chi connectivity index (χ3n) is 6.06. The normalized spacial score (nSPS) is 14.6. The maximum atomic E-state index is 13.2. The van der Waals surface area contributed by atoms with Crippen molar-refractivity contribution in [3.63, 3.8) is 0 Å². The maximum Gasteiger partial charge on any atom is 0.278 e. The van der Waals surface area contributed by atoms with E-state index in [0.717, 1.165) is 25.9 Å². The Morgan fingerprint density at radius 2 is 2.03 bits per heavy atom. The van der Waals surface area contributed by atoms with Crippen LogP contribution in [0.15, 0.2) is 60.3 Å². The second kappa shape index (κ2) is 10.2. The van der Waals surface area contributed by atoms with E-state index in [4.69, 9.17) is 14.5 Å². The Labute approximate surface area is 208 Å². The van der Waals surface area contributed by atoms with Crippen molar-refractivity contribution in [3.8, 4) is 17.4 Å². The Morgan fingerprint density at radius 1 is 1.19 bits per heavy atom. The van der Waals surface area contributed by atoms with Gasteiger partial charge in [-0.05, 0) is 26.0 Å². The number of fused-ring (bicyclic) bond motifs is 1. The summed E-state index contributed by atoms with van der Waals surface area (Å²) in [6.45, 7) is 6.05. The molecule has 11 heteroatoms. The predicted octanol–water partition coefficient (Wildman–Crippen LogP) is 2.78. The molecule has 4 aromatic rings. The number of pyridine rings is 2. The minimum absolute atomic E-state index is 0.107. The minimum atomic E-state index is -0.233. The van der Waals surface area contributed by atoms with Crippen LogP contribution in [-0.4, -0.2) is 67.6 Å². The summed E-state index contributed by atoms with van der Waals surface area (Å²) in [5.41, 5.74) is 0.835. The molecule has 1 saturated heterocycles. The van der Waals surface area contributed by atoms with E-state index in [9.17, 15) is 4.79 Å². The SMILES string of the molecule is C=CCn1c(=O)c2cnc(Nc3cncc(OC)c3)nc2n1-c1cccc(OC2CCN(C)CC2)n1. The van der Waals surface area contributed by atoms with Gasteiger partial charge < -0.3 is 19.7 Å². The number of hydrogen-bond acceptors (Lipinski definition) is 9. The molecule has 5 rings (SSSR count). The zero-order valence-corrected chi connectivity index (χ0v) is 20.3. The topological polar surface area (TPSA) is 112 Å². The lowest BCUT2D eigenvalue weighted by molar-refractivity contribution is 0.110. The van der Waals surface area contributed by atoms with Crippen LogP contribution in [0.5, 0.6) is 11.6 Å². The number of aromatic nitrogens is 6. The highest BCUT2D eigenvalue weighted by Crippen LogP contribution is 2.22. The lowest BCUT2D eigenvalue weighted by Gasteiger charge is -2.29. The largest absolute Gasteiger partial charge is 0.495 e. The number of anilines is 2. The molecule has 1 fully saturated rings. The average Bonchev–Trinajstić information content (AvgIpc) is 3.16. The molecule has 0 bridgehead atoms. The van der Waals surface area contributed by atoms with Gasteiger partial charge in [0.05, 0.1) is 31.7 Å². The molecule has 5 heterocycles. The molecule has 0 aliphatic carbocycles. The smallest absolute Gasteiger partial charge is 0.278 e. The van der Waals surface area contributed by atoms with E-state index < -0.39 is 0 Å². The molecule has 0 amide bonds. The maximum absolute atomic E-state index is 13.2. The molecule has 0 saturated carbocycles.